The molecule has 1 aliphatic heterocycles. The van der Waals surface area contributed by atoms with Gasteiger partial charge in [-0.15, -0.1) is 0 Å². The zero-order valence-corrected chi connectivity index (χ0v) is 12.2. The second-order valence-electron chi connectivity index (χ2n) is 4.70. The molecule has 0 unspecified atom stereocenters. The summed E-state index contributed by atoms with van der Waals surface area (Å²) in [6.45, 7) is 1.98. The Morgan fingerprint density at radius 1 is 1.05 bits per heavy atom. The van der Waals surface area contributed by atoms with Crippen molar-refractivity contribution in [2.75, 3.05) is 5.32 Å². The van der Waals surface area contributed by atoms with Crippen LogP contribution >= 0.6 is 23.2 Å². The summed E-state index contributed by atoms with van der Waals surface area (Å²) < 4.78 is 0. The standard InChI is InChI=1S/C16H11Cl2NO/c1-9-2-3-11(17)6-10(9)7-14-13-5-4-12(18)8-15(13)19-16(14)20/h2-8H,1H3,(H,19,20)/b14-7-. The van der Waals surface area contributed by atoms with E-state index < -0.39 is 0 Å². The van der Waals surface area contributed by atoms with Crippen molar-refractivity contribution >= 4 is 46.4 Å². The van der Waals surface area contributed by atoms with Gasteiger partial charge >= 0.3 is 0 Å². The number of carbonyl (C=O) groups is 1. The van der Waals surface area contributed by atoms with Crippen molar-refractivity contribution in [3.63, 3.8) is 0 Å². The first kappa shape index (κ1) is 13.2. The molecule has 1 heterocycles. The van der Waals surface area contributed by atoms with Gasteiger partial charge in [-0.1, -0.05) is 35.3 Å². The Bertz CT molecular complexity index is 750. The molecule has 0 bridgehead atoms. The second-order valence-corrected chi connectivity index (χ2v) is 5.58. The maximum atomic E-state index is 12.1. The molecule has 0 saturated heterocycles. The normalized spacial score (nSPS) is 15.3. The van der Waals surface area contributed by atoms with E-state index in [1.54, 1.807) is 12.1 Å². The van der Waals surface area contributed by atoms with Crippen molar-refractivity contribution in [3.05, 3.63) is 63.1 Å². The van der Waals surface area contributed by atoms with Crippen LogP contribution in [0.1, 0.15) is 16.7 Å². The van der Waals surface area contributed by atoms with Crippen LogP contribution in [0.2, 0.25) is 10.0 Å². The van der Waals surface area contributed by atoms with Crippen LogP contribution < -0.4 is 5.32 Å². The number of benzene rings is 2. The van der Waals surface area contributed by atoms with Gasteiger partial charge in [-0.05, 0) is 48.4 Å². The average molecular weight is 304 g/mol. The van der Waals surface area contributed by atoms with Gasteiger partial charge in [0.1, 0.15) is 0 Å². The molecule has 0 aliphatic carbocycles. The van der Waals surface area contributed by atoms with Crippen LogP contribution in [0.25, 0.3) is 11.6 Å². The Hall–Kier alpha value is -1.77. The summed E-state index contributed by atoms with van der Waals surface area (Å²) >= 11 is 11.9. The van der Waals surface area contributed by atoms with E-state index in [0.29, 0.717) is 15.6 Å². The van der Waals surface area contributed by atoms with Gasteiger partial charge in [0.25, 0.3) is 5.91 Å². The van der Waals surface area contributed by atoms with E-state index >= 15 is 0 Å². The van der Waals surface area contributed by atoms with Crippen LogP contribution in [0.5, 0.6) is 0 Å². The minimum absolute atomic E-state index is 0.123. The van der Waals surface area contributed by atoms with Crippen LogP contribution in [-0.4, -0.2) is 5.91 Å². The molecule has 2 aromatic carbocycles. The molecule has 20 heavy (non-hydrogen) atoms. The van der Waals surface area contributed by atoms with Gasteiger partial charge in [-0.3, -0.25) is 4.79 Å². The topological polar surface area (TPSA) is 29.1 Å². The third kappa shape index (κ3) is 2.33. The highest BCUT2D eigenvalue weighted by molar-refractivity contribution is 6.36. The van der Waals surface area contributed by atoms with E-state index in [2.05, 4.69) is 5.32 Å². The molecule has 1 N–H and O–H groups in total. The summed E-state index contributed by atoms with van der Waals surface area (Å²) in [7, 11) is 0. The van der Waals surface area contributed by atoms with Crippen molar-refractivity contribution in [2.45, 2.75) is 6.92 Å². The SMILES string of the molecule is Cc1ccc(Cl)cc1/C=C1\C(=O)Nc2cc(Cl)ccc21. The number of anilines is 1. The van der Waals surface area contributed by atoms with Gasteiger partial charge < -0.3 is 5.32 Å². The lowest BCUT2D eigenvalue weighted by molar-refractivity contribution is -0.110. The highest BCUT2D eigenvalue weighted by Crippen LogP contribution is 2.35. The summed E-state index contributed by atoms with van der Waals surface area (Å²) in [5.41, 5.74) is 4.23. The molecule has 2 nitrogen and oxygen atoms in total. The zero-order valence-electron chi connectivity index (χ0n) is 10.7. The lowest BCUT2D eigenvalue weighted by atomic mass is 10.0. The molecule has 2 aromatic rings. The van der Waals surface area contributed by atoms with Gasteiger partial charge in [0.05, 0.1) is 5.69 Å². The average Bonchev–Trinajstić information content (AvgIpc) is 2.69. The van der Waals surface area contributed by atoms with E-state index in [0.717, 1.165) is 22.4 Å². The number of halogens is 2. The number of carbonyl (C=O) groups excluding carboxylic acids is 1. The molecule has 0 spiro atoms. The van der Waals surface area contributed by atoms with Crippen molar-refractivity contribution in [1.82, 2.24) is 0 Å². The third-order valence-electron chi connectivity index (χ3n) is 3.31. The van der Waals surface area contributed by atoms with Crippen LogP contribution in [0, 0.1) is 6.92 Å². The number of rotatable bonds is 1. The molecule has 3 rings (SSSR count). The Kier molecular flexibility index (Phi) is 3.28. The Labute approximate surface area is 127 Å². The van der Waals surface area contributed by atoms with Gasteiger partial charge in [-0.25, -0.2) is 0 Å². The number of aryl methyl sites for hydroxylation is 1. The van der Waals surface area contributed by atoms with Crippen molar-refractivity contribution in [2.24, 2.45) is 0 Å². The van der Waals surface area contributed by atoms with Crippen molar-refractivity contribution in [3.8, 4) is 0 Å². The van der Waals surface area contributed by atoms with Gasteiger partial charge in [0, 0.05) is 21.2 Å². The largest absolute Gasteiger partial charge is 0.321 e. The zero-order chi connectivity index (χ0) is 14.3. The fourth-order valence-electron chi connectivity index (χ4n) is 2.23. The van der Waals surface area contributed by atoms with E-state index in [4.69, 9.17) is 23.2 Å². The van der Waals surface area contributed by atoms with Gasteiger partial charge in [0.2, 0.25) is 0 Å². The molecule has 4 heteroatoms. The molecular formula is C16H11Cl2NO. The predicted octanol–water partition coefficient (Wildman–Crippen LogP) is 4.79. The molecule has 0 saturated carbocycles. The van der Waals surface area contributed by atoms with Crippen LogP contribution in [-0.2, 0) is 4.79 Å². The fraction of sp³-hybridized carbons (Fsp3) is 0.0625. The molecule has 0 atom stereocenters. The van der Waals surface area contributed by atoms with Gasteiger partial charge in [-0.2, -0.15) is 0 Å². The molecule has 100 valence electrons. The first-order chi connectivity index (χ1) is 9.54. The highest BCUT2D eigenvalue weighted by atomic mass is 35.5. The van der Waals surface area contributed by atoms with Crippen LogP contribution in [0.4, 0.5) is 5.69 Å². The minimum atomic E-state index is -0.123. The maximum absolute atomic E-state index is 12.1. The van der Waals surface area contributed by atoms with E-state index in [1.165, 1.54) is 0 Å². The fourth-order valence-corrected chi connectivity index (χ4v) is 2.59. The number of hydrogen-bond donors (Lipinski definition) is 1. The summed E-state index contributed by atoms with van der Waals surface area (Å²) in [5.74, 6) is -0.123. The summed E-state index contributed by atoms with van der Waals surface area (Å²) in [4.78, 5) is 12.1. The molecule has 1 aliphatic rings. The summed E-state index contributed by atoms with van der Waals surface area (Å²) in [6.07, 6.45) is 1.86. The molecule has 0 radical (unpaired) electrons. The van der Waals surface area contributed by atoms with E-state index in [-0.39, 0.29) is 5.91 Å². The lowest BCUT2D eigenvalue weighted by Crippen LogP contribution is -2.03. The highest BCUT2D eigenvalue weighted by Gasteiger charge is 2.24. The van der Waals surface area contributed by atoms with Crippen molar-refractivity contribution < 1.29 is 4.79 Å². The van der Waals surface area contributed by atoms with Crippen molar-refractivity contribution in [1.29, 1.82) is 0 Å². The minimum Gasteiger partial charge on any atom is -0.321 e. The maximum Gasteiger partial charge on any atom is 0.256 e. The second kappa shape index (κ2) is 4.97. The van der Waals surface area contributed by atoms with Crippen LogP contribution in [0.3, 0.4) is 0 Å². The molecular weight excluding hydrogens is 293 g/mol. The monoisotopic (exact) mass is 303 g/mol. The first-order valence-electron chi connectivity index (χ1n) is 6.14. The molecule has 1 amide bonds. The summed E-state index contributed by atoms with van der Waals surface area (Å²) in [6, 6.07) is 11.0. The number of amides is 1. The number of nitrogens with one attached hydrogen (secondary N) is 1. The van der Waals surface area contributed by atoms with Crippen LogP contribution in [0.15, 0.2) is 36.4 Å². The Morgan fingerprint density at radius 3 is 2.55 bits per heavy atom. The first-order valence-corrected chi connectivity index (χ1v) is 6.89. The Morgan fingerprint density at radius 2 is 1.75 bits per heavy atom. The summed E-state index contributed by atoms with van der Waals surface area (Å²) in [5, 5.41) is 4.07. The third-order valence-corrected chi connectivity index (χ3v) is 3.78. The Balaban J connectivity index is 2.13. The van der Waals surface area contributed by atoms with E-state index in [1.807, 2.05) is 37.3 Å². The lowest BCUT2D eigenvalue weighted by Gasteiger charge is -2.03. The molecule has 0 aromatic heterocycles. The quantitative estimate of drug-likeness (QED) is 0.754. The number of fused-ring (bicyclic) bond motifs is 1. The van der Waals surface area contributed by atoms with E-state index in [9.17, 15) is 4.79 Å². The predicted molar refractivity (Wildman–Crippen MR) is 84.1 cm³/mol. The van der Waals surface area contributed by atoms with Gasteiger partial charge in [0.15, 0.2) is 0 Å². The number of hydrogen-bond acceptors (Lipinski definition) is 1. The smallest absolute Gasteiger partial charge is 0.256 e. The molecule has 0 fully saturated rings.